The van der Waals surface area contributed by atoms with Crippen molar-refractivity contribution in [3.63, 3.8) is 0 Å². The molecule has 90 valence electrons. The first-order valence-corrected chi connectivity index (χ1v) is 5.85. The van der Waals surface area contributed by atoms with Crippen molar-refractivity contribution in [2.45, 2.75) is 6.42 Å². The summed E-state index contributed by atoms with van der Waals surface area (Å²) in [4.78, 5) is 13.6. The summed E-state index contributed by atoms with van der Waals surface area (Å²) in [5.41, 5.74) is 0.496. The first-order valence-electron chi connectivity index (χ1n) is 5.06. The van der Waals surface area contributed by atoms with Crippen LogP contribution in [0.3, 0.4) is 0 Å². The predicted molar refractivity (Wildman–Crippen MR) is 67.9 cm³/mol. The molecule has 17 heavy (non-hydrogen) atoms. The number of halogens is 1. The maximum atomic E-state index is 12.1. The highest BCUT2D eigenvalue weighted by atomic mass is 79.9. The van der Waals surface area contributed by atoms with E-state index in [2.05, 4.69) is 15.9 Å². The molecule has 0 N–H and O–H groups in total. The van der Waals surface area contributed by atoms with Gasteiger partial charge in [0.25, 0.3) is 5.91 Å². The van der Waals surface area contributed by atoms with E-state index in [-0.39, 0.29) is 5.91 Å². The van der Waals surface area contributed by atoms with Gasteiger partial charge in [0.2, 0.25) is 0 Å². The van der Waals surface area contributed by atoms with E-state index in [4.69, 9.17) is 10.00 Å². The molecule has 0 aromatic heterocycles. The molecule has 0 heterocycles. The lowest BCUT2D eigenvalue weighted by molar-refractivity contribution is 0.0794. The third-order valence-corrected chi connectivity index (χ3v) is 2.79. The van der Waals surface area contributed by atoms with Crippen LogP contribution in [0.2, 0.25) is 0 Å². The third kappa shape index (κ3) is 3.46. The lowest BCUT2D eigenvalue weighted by Gasteiger charge is -2.17. The zero-order chi connectivity index (χ0) is 12.8. The third-order valence-electron chi connectivity index (χ3n) is 2.30. The van der Waals surface area contributed by atoms with E-state index in [1.807, 2.05) is 6.07 Å². The van der Waals surface area contributed by atoms with Gasteiger partial charge in [-0.25, -0.2) is 0 Å². The summed E-state index contributed by atoms with van der Waals surface area (Å²) in [5, 5.41) is 8.49. The van der Waals surface area contributed by atoms with Crippen LogP contribution in [-0.4, -0.2) is 31.5 Å². The Balaban J connectivity index is 2.92. The van der Waals surface area contributed by atoms with Gasteiger partial charge in [0.15, 0.2) is 0 Å². The summed E-state index contributed by atoms with van der Waals surface area (Å²) in [5.74, 6) is 0.373. The maximum Gasteiger partial charge on any atom is 0.257 e. The molecule has 0 aliphatic carbocycles. The van der Waals surface area contributed by atoms with Gasteiger partial charge >= 0.3 is 0 Å². The van der Waals surface area contributed by atoms with Crippen molar-refractivity contribution in [3.8, 4) is 11.8 Å². The second kappa shape index (κ2) is 6.26. The van der Waals surface area contributed by atoms with Crippen molar-refractivity contribution in [3.05, 3.63) is 28.2 Å². The first kappa shape index (κ1) is 13.5. The van der Waals surface area contributed by atoms with E-state index < -0.39 is 0 Å². The minimum atomic E-state index is -0.149. The Labute approximate surface area is 109 Å². The Morgan fingerprint density at radius 3 is 2.88 bits per heavy atom. The number of benzene rings is 1. The molecule has 0 bridgehead atoms. The molecule has 5 heteroatoms. The quantitative estimate of drug-likeness (QED) is 0.857. The Bertz CT molecular complexity index is 454. The van der Waals surface area contributed by atoms with Crippen molar-refractivity contribution < 1.29 is 9.53 Å². The lowest BCUT2D eigenvalue weighted by atomic mass is 10.1. The standard InChI is InChI=1S/C12H13BrN2O2/c1-15(7-3-6-14)12(16)10-5-4-9(13)8-11(10)17-2/h4-5,8H,3,7H2,1-2H3. The fraction of sp³-hybridized carbons (Fsp3) is 0.333. The van der Waals surface area contributed by atoms with E-state index in [1.54, 1.807) is 25.2 Å². The molecule has 0 saturated heterocycles. The fourth-order valence-corrected chi connectivity index (χ4v) is 1.71. The monoisotopic (exact) mass is 296 g/mol. The highest BCUT2D eigenvalue weighted by molar-refractivity contribution is 9.10. The van der Waals surface area contributed by atoms with Gasteiger partial charge in [-0.3, -0.25) is 4.79 Å². The summed E-state index contributed by atoms with van der Waals surface area (Å²) in [6, 6.07) is 7.24. The van der Waals surface area contributed by atoms with Gasteiger partial charge < -0.3 is 9.64 Å². The van der Waals surface area contributed by atoms with E-state index >= 15 is 0 Å². The number of amides is 1. The molecule has 0 aliphatic heterocycles. The van der Waals surface area contributed by atoms with Gasteiger partial charge in [0.1, 0.15) is 5.75 Å². The Kier molecular flexibility index (Phi) is 4.98. The van der Waals surface area contributed by atoms with Crippen molar-refractivity contribution >= 4 is 21.8 Å². The molecule has 0 radical (unpaired) electrons. The number of hydrogen-bond donors (Lipinski definition) is 0. The lowest BCUT2D eigenvalue weighted by Crippen LogP contribution is -2.27. The van der Waals surface area contributed by atoms with Gasteiger partial charge in [0.05, 0.1) is 25.2 Å². The number of carbonyl (C=O) groups is 1. The maximum absolute atomic E-state index is 12.1. The number of nitriles is 1. The molecule has 0 saturated carbocycles. The van der Waals surface area contributed by atoms with Gasteiger partial charge in [-0.15, -0.1) is 0 Å². The number of methoxy groups -OCH3 is 1. The summed E-state index contributed by atoms with van der Waals surface area (Å²) in [6.07, 6.45) is 0.321. The average molecular weight is 297 g/mol. The highest BCUT2D eigenvalue weighted by Crippen LogP contribution is 2.24. The zero-order valence-corrected chi connectivity index (χ0v) is 11.3. The highest BCUT2D eigenvalue weighted by Gasteiger charge is 2.16. The second-order valence-electron chi connectivity index (χ2n) is 3.48. The Morgan fingerprint density at radius 2 is 2.29 bits per heavy atom. The minimum Gasteiger partial charge on any atom is -0.496 e. The zero-order valence-electron chi connectivity index (χ0n) is 9.74. The number of carbonyl (C=O) groups excluding carboxylic acids is 1. The molecule has 1 rings (SSSR count). The van der Waals surface area contributed by atoms with Gasteiger partial charge in [-0.2, -0.15) is 5.26 Å². The van der Waals surface area contributed by atoms with Crippen molar-refractivity contribution in [2.75, 3.05) is 20.7 Å². The van der Waals surface area contributed by atoms with Crippen molar-refractivity contribution in [2.24, 2.45) is 0 Å². The van der Waals surface area contributed by atoms with Crippen LogP contribution in [0.15, 0.2) is 22.7 Å². The molecule has 0 spiro atoms. The van der Waals surface area contributed by atoms with Crippen LogP contribution in [-0.2, 0) is 0 Å². The van der Waals surface area contributed by atoms with Crippen LogP contribution in [0.1, 0.15) is 16.8 Å². The van der Waals surface area contributed by atoms with Crippen molar-refractivity contribution in [1.82, 2.24) is 4.90 Å². The summed E-state index contributed by atoms with van der Waals surface area (Å²) in [6.45, 7) is 0.411. The van der Waals surface area contributed by atoms with E-state index in [9.17, 15) is 4.79 Å². The van der Waals surface area contributed by atoms with Crippen LogP contribution < -0.4 is 4.74 Å². The van der Waals surface area contributed by atoms with Crippen LogP contribution in [0.25, 0.3) is 0 Å². The van der Waals surface area contributed by atoms with E-state index in [1.165, 1.54) is 12.0 Å². The molecule has 0 fully saturated rings. The molecular formula is C12H13BrN2O2. The smallest absolute Gasteiger partial charge is 0.257 e. The van der Waals surface area contributed by atoms with E-state index in [0.717, 1.165) is 4.47 Å². The summed E-state index contributed by atoms with van der Waals surface area (Å²) in [7, 11) is 3.19. The molecule has 1 aromatic carbocycles. The molecule has 4 nitrogen and oxygen atoms in total. The van der Waals surface area contributed by atoms with Gasteiger partial charge in [-0.05, 0) is 18.2 Å². The molecule has 1 amide bonds. The molecular weight excluding hydrogens is 284 g/mol. The molecule has 0 aliphatic rings. The van der Waals surface area contributed by atoms with Crippen molar-refractivity contribution in [1.29, 1.82) is 5.26 Å². The molecule has 0 atom stereocenters. The number of ether oxygens (including phenoxy) is 1. The number of hydrogen-bond acceptors (Lipinski definition) is 3. The number of nitrogens with zero attached hydrogens (tertiary/aromatic N) is 2. The second-order valence-corrected chi connectivity index (χ2v) is 4.40. The SMILES string of the molecule is COc1cc(Br)ccc1C(=O)N(C)CCC#N. The minimum absolute atomic E-state index is 0.149. The first-order chi connectivity index (χ1) is 8.10. The normalized spacial score (nSPS) is 9.53. The van der Waals surface area contributed by atoms with Crippen LogP contribution in [0.4, 0.5) is 0 Å². The van der Waals surface area contributed by atoms with Crippen LogP contribution in [0, 0.1) is 11.3 Å². The Morgan fingerprint density at radius 1 is 1.59 bits per heavy atom. The largest absolute Gasteiger partial charge is 0.496 e. The van der Waals surface area contributed by atoms with Gasteiger partial charge in [0, 0.05) is 18.1 Å². The van der Waals surface area contributed by atoms with Crippen LogP contribution in [0.5, 0.6) is 5.75 Å². The fourth-order valence-electron chi connectivity index (χ4n) is 1.37. The topological polar surface area (TPSA) is 53.3 Å². The average Bonchev–Trinajstić information content (AvgIpc) is 2.34. The Hall–Kier alpha value is -1.54. The number of rotatable bonds is 4. The van der Waals surface area contributed by atoms with Crippen LogP contribution >= 0.6 is 15.9 Å². The summed E-state index contributed by atoms with van der Waals surface area (Å²) >= 11 is 3.32. The summed E-state index contributed by atoms with van der Waals surface area (Å²) < 4.78 is 6.01. The molecule has 1 aromatic rings. The van der Waals surface area contributed by atoms with E-state index in [0.29, 0.717) is 24.3 Å². The molecule has 0 unspecified atom stereocenters. The predicted octanol–water partition coefficient (Wildman–Crippen LogP) is 2.44. The van der Waals surface area contributed by atoms with Gasteiger partial charge in [-0.1, -0.05) is 15.9 Å².